The van der Waals surface area contributed by atoms with E-state index < -0.39 is 0 Å². The van der Waals surface area contributed by atoms with Gasteiger partial charge in [-0.2, -0.15) is 0 Å². The van der Waals surface area contributed by atoms with Crippen LogP contribution in [0.3, 0.4) is 0 Å². The molecule has 2 aliphatic carbocycles. The van der Waals surface area contributed by atoms with Gasteiger partial charge in [0.1, 0.15) is 0 Å². The zero-order chi connectivity index (χ0) is 24.4. The third-order valence-corrected chi connectivity index (χ3v) is 7.21. The van der Waals surface area contributed by atoms with Crippen LogP contribution in [0.15, 0.2) is 39.1 Å². The van der Waals surface area contributed by atoms with Gasteiger partial charge in [0.2, 0.25) is 0 Å². The molecule has 0 saturated heterocycles. The fourth-order valence-electron chi connectivity index (χ4n) is 5.37. The summed E-state index contributed by atoms with van der Waals surface area (Å²) in [5, 5.41) is 0. The maximum Gasteiger partial charge on any atom is 0.175 e. The Balaban J connectivity index is 1.92. The summed E-state index contributed by atoms with van der Waals surface area (Å²) in [4.78, 5) is 29.0. The number of ether oxygens (including phenoxy) is 3. The highest BCUT2D eigenvalue weighted by Crippen LogP contribution is 2.51. The lowest BCUT2D eigenvalue weighted by molar-refractivity contribution is -0.117. The molecule has 1 aromatic carbocycles. The number of nitrogens with zero attached hydrogens (tertiary/aromatic N) is 1. The lowest BCUT2D eigenvalue weighted by atomic mass is 9.71. The molecule has 4 rings (SSSR count). The first-order valence-corrected chi connectivity index (χ1v) is 13.1. The first-order chi connectivity index (χ1) is 16.4. The van der Waals surface area contributed by atoms with Gasteiger partial charge in [-0.1, -0.05) is 0 Å². The van der Waals surface area contributed by atoms with Crippen molar-refractivity contribution >= 4 is 27.5 Å². The van der Waals surface area contributed by atoms with E-state index >= 15 is 0 Å². The van der Waals surface area contributed by atoms with Gasteiger partial charge in [0.25, 0.3) is 0 Å². The van der Waals surface area contributed by atoms with E-state index in [0.717, 1.165) is 58.3 Å². The molecule has 0 aromatic heterocycles. The van der Waals surface area contributed by atoms with Gasteiger partial charge in [0.15, 0.2) is 23.1 Å². The predicted octanol–water partition coefficient (Wildman–Crippen LogP) is 5.69. The number of benzene rings is 1. The molecule has 0 fully saturated rings. The van der Waals surface area contributed by atoms with E-state index in [2.05, 4.69) is 20.8 Å². The van der Waals surface area contributed by atoms with Gasteiger partial charge >= 0.3 is 0 Å². The van der Waals surface area contributed by atoms with Crippen molar-refractivity contribution in [1.82, 2.24) is 4.90 Å². The fraction of sp³-hybridized carbons (Fsp3) is 0.556. The van der Waals surface area contributed by atoms with E-state index in [1.165, 1.54) is 0 Å². The molecule has 0 N–H and O–H groups in total. The van der Waals surface area contributed by atoms with Crippen LogP contribution in [0.1, 0.15) is 70.8 Å². The Morgan fingerprint density at radius 3 is 2.18 bits per heavy atom. The molecule has 0 amide bonds. The Morgan fingerprint density at radius 1 is 1.03 bits per heavy atom. The first-order valence-electron chi connectivity index (χ1n) is 12.3. The van der Waals surface area contributed by atoms with Crippen LogP contribution in [0.5, 0.6) is 11.5 Å². The zero-order valence-electron chi connectivity index (χ0n) is 20.5. The largest absolute Gasteiger partial charge is 0.490 e. The van der Waals surface area contributed by atoms with Crippen molar-refractivity contribution in [2.24, 2.45) is 0 Å². The number of allylic oxidation sites excluding steroid dienone is 4. The van der Waals surface area contributed by atoms with Gasteiger partial charge in [-0.25, -0.2) is 0 Å². The van der Waals surface area contributed by atoms with Crippen molar-refractivity contribution in [3.8, 4) is 11.5 Å². The predicted molar refractivity (Wildman–Crippen MR) is 134 cm³/mol. The Kier molecular flexibility index (Phi) is 7.83. The summed E-state index contributed by atoms with van der Waals surface area (Å²) < 4.78 is 18.1. The van der Waals surface area contributed by atoms with Crippen molar-refractivity contribution in [2.45, 2.75) is 71.3 Å². The average Bonchev–Trinajstić information content (AvgIpc) is 2.79. The average molecular weight is 532 g/mol. The quantitative estimate of drug-likeness (QED) is 0.429. The molecule has 34 heavy (non-hydrogen) atoms. The maximum absolute atomic E-state index is 13.4. The molecule has 6 nitrogen and oxygen atoms in total. The smallest absolute Gasteiger partial charge is 0.175 e. The van der Waals surface area contributed by atoms with E-state index in [1.807, 2.05) is 32.9 Å². The van der Waals surface area contributed by atoms with Crippen molar-refractivity contribution in [3.63, 3.8) is 0 Å². The molecular weight excluding hydrogens is 498 g/mol. The number of carbonyl (C=O) groups is 2. The second kappa shape index (κ2) is 10.6. The topological polar surface area (TPSA) is 65.1 Å². The van der Waals surface area contributed by atoms with Crippen LogP contribution < -0.4 is 9.47 Å². The molecule has 1 aliphatic heterocycles. The lowest BCUT2D eigenvalue weighted by Gasteiger charge is -2.44. The fourth-order valence-corrected chi connectivity index (χ4v) is 5.92. The summed E-state index contributed by atoms with van der Waals surface area (Å²) in [6.07, 6.45) is 4.34. The van der Waals surface area contributed by atoms with Gasteiger partial charge in [0, 0.05) is 55.0 Å². The van der Waals surface area contributed by atoms with E-state index in [-0.39, 0.29) is 23.6 Å². The summed E-state index contributed by atoms with van der Waals surface area (Å²) in [5.74, 6) is 1.16. The third kappa shape index (κ3) is 4.69. The Morgan fingerprint density at radius 2 is 1.65 bits per heavy atom. The number of Topliss-reactive ketones (excluding diaryl/α,β-unsaturated/α-hetero) is 2. The Hall–Kier alpha value is -2.12. The van der Waals surface area contributed by atoms with Crippen molar-refractivity contribution < 1.29 is 23.8 Å². The summed E-state index contributed by atoms with van der Waals surface area (Å²) in [6.45, 7) is 7.56. The van der Waals surface area contributed by atoms with Crippen LogP contribution in [0.4, 0.5) is 0 Å². The first kappa shape index (κ1) is 25.0. The van der Waals surface area contributed by atoms with E-state index in [9.17, 15) is 9.59 Å². The summed E-state index contributed by atoms with van der Waals surface area (Å²) >= 11 is 3.68. The van der Waals surface area contributed by atoms with E-state index in [4.69, 9.17) is 14.2 Å². The van der Waals surface area contributed by atoms with Crippen LogP contribution in [0.25, 0.3) is 0 Å². The monoisotopic (exact) mass is 531 g/mol. The minimum Gasteiger partial charge on any atom is -0.490 e. The molecule has 184 valence electrons. The molecule has 3 aliphatic rings. The third-order valence-electron chi connectivity index (χ3n) is 6.62. The van der Waals surface area contributed by atoms with Gasteiger partial charge in [0.05, 0.1) is 23.8 Å². The van der Waals surface area contributed by atoms with Crippen molar-refractivity contribution in [3.05, 3.63) is 44.7 Å². The molecule has 0 saturated carbocycles. The van der Waals surface area contributed by atoms with Gasteiger partial charge in [-0.15, -0.1) is 0 Å². The SMILES string of the molecule is CCOc1cc(C2C3=C(CCCC3=O)N(CCOC)C3=C2C(=O)CCC3)cc(Br)c1OC(C)C. The minimum atomic E-state index is -0.381. The zero-order valence-corrected chi connectivity index (χ0v) is 22.1. The highest BCUT2D eigenvalue weighted by molar-refractivity contribution is 9.10. The minimum absolute atomic E-state index is 0.0196. The molecule has 0 atom stereocenters. The van der Waals surface area contributed by atoms with Gasteiger partial charge < -0.3 is 19.1 Å². The number of halogens is 1. The second-order valence-corrected chi connectivity index (χ2v) is 10.1. The summed E-state index contributed by atoms with van der Waals surface area (Å²) in [7, 11) is 1.68. The number of hydrogen-bond acceptors (Lipinski definition) is 6. The Labute approximate surface area is 210 Å². The Bertz CT molecular complexity index is 998. The molecule has 0 spiro atoms. The number of ketones is 2. The highest BCUT2D eigenvalue weighted by Gasteiger charge is 2.43. The number of rotatable bonds is 8. The van der Waals surface area contributed by atoms with Gasteiger partial charge in [-0.05, 0) is 80.1 Å². The summed E-state index contributed by atoms with van der Waals surface area (Å²) in [6, 6.07) is 3.95. The standard InChI is InChI=1S/C27H34BrNO5/c1-5-33-23-15-17(14-18(28)27(23)34-16(2)3)24-25-19(8-6-10-21(25)30)29(12-13-32-4)20-9-7-11-22(31)26(20)24/h14-16,24H,5-13H2,1-4H3. The molecule has 7 heteroatoms. The number of methoxy groups -OCH3 is 1. The van der Waals surface area contributed by atoms with Crippen LogP contribution in [0.2, 0.25) is 0 Å². The molecule has 1 aromatic rings. The van der Waals surface area contributed by atoms with Crippen LogP contribution in [-0.2, 0) is 14.3 Å². The molecule has 0 radical (unpaired) electrons. The maximum atomic E-state index is 13.4. The van der Waals surface area contributed by atoms with Crippen molar-refractivity contribution in [1.29, 1.82) is 0 Å². The lowest BCUT2D eigenvalue weighted by Crippen LogP contribution is -2.40. The van der Waals surface area contributed by atoms with Crippen molar-refractivity contribution in [2.75, 3.05) is 26.9 Å². The molecule has 0 unspecified atom stereocenters. The van der Waals surface area contributed by atoms with E-state index in [1.54, 1.807) is 7.11 Å². The van der Waals surface area contributed by atoms with E-state index in [0.29, 0.717) is 44.1 Å². The number of carbonyl (C=O) groups excluding carboxylic acids is 2. The normalized spacial score (nSPS) is 19.1. The van der Waals surface area contributed by atoms with Crippen LogP contribution >= 0.6 is 15.9 Å². The molecule has 1 heterocycles. The second-order valence-electron chi connectivity index (χ2n) is 9.28. The molecular formula is C27H34BrNO5. The van der Waals surface area contributed by atoms with Crippen LogP contribution in [-0.4, -0.2) is 49.4 Å². The number of hydrogen-bond donors (Lipinski definition) is 0. The molecule has 0 bridgehead atoms. The summed E-state index contributed by atoms with van der Waals surface area (Å²) in [5.41, 5.74) is 4.54. The highest BCUT2D eigenvalue weighted by atomic mass is 79.9. The van der Waals surface area contributed by atoms with Crippen LogP contribution in [0, 0.1) is 0 Å². The van der Waals surface area contributed by atoms with Gasteiger partial charge in [-0.3, -0.25) is 9.59 Å².